The van der Waals surface area contributed by atoms with E-state index in [1.54, 1.807) is 20.8 Å². The van der Waals surface area contributed by atoms with E-state index in [4.69, 9.17) is 4.74 Å². The van der Waals surface area contributed by atoms with Crippen LogP contribution in [0, 0.1) is 0 Å². The number of nitrogens with zero attached hydrogens (tertiary/aromatic N) is 1. The fraction of sp³-hybridized carbons (Fsp3) is 0.545. The van der Waals surface area contributed by atoms with E-state index < -0.39 is 22.7 Å². The Labute approximate surface area is 107 Å². The molecule has 0 saturated carbocycles. The maximum atomic E-state index is 12.4. The van der Waals surface area contributed by atoms with Crippen molar-refractivity contribution in [1.29, 1.82) is 0 Å². The summed E-state index contributed by atoms with van der Waals surface area (Å²) in [6.07, 6.45) is -5.07. The number of carbonyl (C=O) groups excluding carboxylic acids is 1. The number of hydrogen-bond acceptors (Lipinski definition) is 3. The predicted molar refractivity (Wildman–Crippen MR) is 64.0 cm³/mol. The summed E-state index contributed by atoms with van der Waals surface area (Å²) in [5, 5.41) is 0.191. The maximum absolute atomic E-state index is 12.4. The summed E-state index contributed by atoms with van der Waals surface area (Å²) in [7, 11) is 1.38. The molecule has 0 bridgehead atoms. The van der Waals surface area contributed by atoms with Gasteiger partial charge in [-0.25, -0.2) is 4.79 Å². The molecule has 102 valence electrons. The lowest BCUT2D eigenvalue weighted by Gasteiger charge is -2.23. The summed E-state index contributed by atoms with van der Waals surface area (Å²) < 4.78 is 42.3. The topological polar surface area (TPSA) is 29.5 Å². The van der Waals surface area contributed by atoms with Gasteiger partial charge in [0.25, 0.3) is 0 Å². The van der Waals surface area contributed by atoms with Crippen LogP contribution in [0.1, 0.15) is 25.6 Å². The van der Waals surface area contributed by atoms with E-state index in [2.05, 4.69) is 0 Å². The van der Waals surface area contributed by atoms with Gasteiger partial charge in [-0.2, -0.15) is 13.2 Å². The number of halogens is 3. The predicted octanol–water partition coefficient (Wildman–Crippen LogP) is 4.14. The van der Waals surface area contributed by atoms with Gasteiger partial charge in [-0.3, -0.25) is 4.90 Å². The van der Waals surface area contributed by atoms with Crippen molar-refractivity contribution in [3.05, 3.63) is 17.0 Å². The number of ether oxygens (including phenoxy) is 1. The Morgan fingerprint density at radius 3 is 2.22 bits per heavy atom. The Balaban J connectivity index is 2.82. The molecule has 0 aliphatic rings. The molecule has 0 radical (unpaired) electrons. The van der Waals surface area contributed by atoms with Gasteiger partial charge < -0.3 is 4.74 Å². The molecule has 0 spiro atoms. The minimum Gasteiger partial charge on any atom is -0.443 e. The molecule has 0 aliphatic carbocycles. The van der Waals surface area contributed by atoms with Crippen LogP contribution in [0.2, 0.25) is 0 Å². The zero-order chi connectivity index (χ0) is 14.1. The number of amides is 1. The SMILES string of the molecule is CN(C(=O)OC(C)(C)C)c1ccc(C(F)(F)F)s1. The molecule has 1 aromatic rings. The average molecular weight is 281 g/mol. The Morgan fingerprint density at radius 1 is 1.28 bits per heavy atom. The van der Waals surface area contributed by atoms with E-state index in [0.717, 1.165) is 11.0 Å². The van der Waals surface area contributed by atoms with E-state index in [-0.39, 0.29) is 5.00 Å². The Hall–Kier alpha value is -1.24. The molecular formula is C11H14F3NO2S. The van der Waals surface area contributed by atoms with Crippen molar-refractivity contribution in [3.8, 4) is 0 Å². The van der Waals surface area contributed by atoms with Gasteiger partial charge in [0.1, 0.15) is 15.5 Å². The van der Waals surface area contributed by atoms with E-state index in [1.165, 1.54) is 13.1 Å². The second kappa shape index (κ2) is 4.79. The van der Waals surface area contributed by atoms with Crippen molar-refractivity contribution < 1.29 is 22.7 Å². The fourth-order valence-electron chi connectivity index (χ4n) is 1.08. The van der Waals surface area contributed by atoms with Gasteiger partial charge in [0.05, 0.1) is 0 Å². The minimum atomic E-state index is -4.39. The van der Waals surface area contributed by atoms with Crippen molar-refractivity contribution in [2.24, 2.45) is 0 Å². The molecule has 0 unspecified atom stereocenters. The third-order valence-corrected chi connectivity index (χ3v) is 3.08. The molecule has 1 heterocycles. The van der Waals surface area contributed by atoms with Crippen molar-refractivity contribution in [1.82, 2.24) is 0 Å². The van der Waals surface area contributed by atoms with Gasteiger partial charge >= 0.3 is 12.3 Å². The summed E-state index contributed by atoms with van der Waals surface area (Å²) in [6.45, 7) is 5.07. The van der Waals surface area contributed by atoms with E-state index in [0.29, 0.717) is 11.3 Å². The second-order valence-corrected chi connectivity index (χ2v) is 5.74. The van der Waals surface area contributed by atoms with E-state index in [1.807, 2.05) is 0 Å². The maximum Gasteiger partial charge on any atom is 0.425 e. The summed E-state index contributed by atoms with van der Waals surface area (Å²) in [6, 6.07) is 2.19. The summed E-state index contributed by atoms with van der Waals surface area (Å²) in [5.74, 6) is 0. The van der Waals surface area contributed by atoms with Gasteiger partial charge in [0, 0.05) is 7.05 Å². The molecule has 7 heteroatoms. The summed E-state index contributed by atoms with van der Waals surface area (Å²) in [4.78, 5) is 12.0. The first-order chi connectivity index (χ1) is 8.00. The molecular weight excluding hydrogens is 267 g/mol. The highest BCUT2D eigenvalue weighted by Crippen LogP contribution is 2.37. The van der Waals surface area contributed by atoms with Gasteiger partial charge in [0.15, 0.2) is 0 Å². The van der Waals surface area contributed by atoms with Crippen LogP contribution in [0.5, 0.6) is 0 Å². The van der Waals surface area contributed by atoms with Gasteiger partial charge in [-0.15, -0.1) is 11.3 Å². The monoisotopic (exact) mass is 281 g/mol. The van der Waals surface area contributed by atoms with Crippen LogP contribution in [-0.2, 0) is 10.9 Å². The normalized spacial score (nSPS) is 12.4. The van der Waals surface area contributed by atoms with Crippen molar-refractivity contribution >= 4 is 22.4 Å². The van der Waals surface area contributed by atoms with Crippen molar-refractivity contribution in [2.75, 3.05) is 11.9 Å². The minimum absolute atomic E-state index is 0.191. The van der Waals surface area contributed by atoms with Crippen LogP contribution in [0.3, 0.4) is 0 Å². The first-order valence-electron chi connectivity index (χ1n) is 5.14. The number of carbonyl (C=O) groups is 1. The molecule has 1 rings (SSSR count). The number of hydrogen-bond donors (Lipinski definition) is 0. The molecule has 0 atom stereocenters. The summed E-state index contributed by atoms with van der Waals surface area (Å²) in [5.41, 5.74) is -0.685. The second-order valence-electron chi connectivity index (χ2n) is 4.68. The van der Waals surface area contributed by atoms with Crippen molar-refractivity contribution in [2.45, 2.75) is 32.5 Å². The average Bonchev–Trinajstić information content (AvgIpc) is 2.61. The molecule has 0 aromatic carbocycles. The molecule has 1 aromatic heterocycles. The Morgan fingerprint density at radius 2 is 1.83 bits per heavy atom. The Bertz CT molecular complexity index is 434. The van der Waals surface area contributed by atoms with Crippen LogP contribution in [0.15, 0.2) is 12.1 Å². The largest absolute Gasteiger partial charge is 0.443 e. The number of anilines is 1. The lowest BCUT2D eigenvalue weighted by atomic mass is 10.2. The molecule has 0 aliphatic heterocycles. The standard InChI is InChI=1S/C11H14F3NO2S/c1-10(2,3)17-9(16)15(4)8-6-5-7(18-8)11(12,13)14/h5-6H,1-4H3. The molecule has 0 N–H and O–H groups in total. The zero-order valence-corrected chi connectivity index (χ0v) is 11.3. The van der Waals surface area contributed by atoms with Crippen LogP contribution in [0.25, 0.3) is 0 Å². The Kier molecular flexibility index (Phi) is 3.95. The van der Waals surface area contributed by atoms with E-state index >= 15 is 0 Å². The van der Waals surface area contributed by atoms with Crippen LogP contribution in [-0.4, -0.2) is 18.7 Å². The van der Waals surface area contributed by atoms with Crippen LogP contribution < -0.4 is 4.90 Å². The van der Waals surface area contributed by atoms with Crippen LogP contribution in [0.4, 0.5) is 23.0 Å². The summed E-state index contributed by atoms with van der Waals surface area (Å²) >= 11 is 0.502. The molecule has 0 fully saturated rings. The number of rotatable bonds is 1. The van der Waals surface area contributed by atoms with E-state index in [9.17, 15) is 18.0 Å². The van der Waals surface area contributed by atoms with Crippen molar-refractivity contribution in [3.63, 3.8) is 0 Å². The number of thiophene rings is 1. The quantitative estimate of drug-likeness (QED) is 0.774. The van der Waals surface area contributed by atoms with Gasteiger partial charge in [0.2, 0.25) is 0 Å². The smallest absolute Gasteiger partial charge is 0.425 e. The van der Waals surface area contributed by atoms with Gasteiger partial charge in [-0.05, 0) is 32.9 Å². The molecule has 1 amide bonds. The van der Waals surface area contributed by atoms with Crippen LogP contribution >= 0.6 is 11.3 Å². The first-order valence-corrected chi connectivity index (χ1v) is 5.96. The first kappa shape index (κ1) is 14.8. The third-order valence-electron chi connectivity index (χ3n) is 1.87. The number of alkyl halides is 3. The molecule has 0 saturated heterocycles. The van der Waals surface area contributed by atoms with Gasteiger partial charge in [-0.1, -0.05) is 0 Å². The lowest BCUT2D eigenvalue weighted by molar-refractivity contribution is -0.134. The highest BCUT2D eigenvalue weighted by molar-refractivity contribution is 7.16. The lowest BCUT2D eigenvalue weighted by Crippen LogP contribution is -2.33. The molecule has 3 nitrogen and oxygen atoms in total. The fourth-order valence-corrected chi connectivity index (χ4v) is 1.91. The highest BCUT2D eigenvalue weighted by atomic mass is 32.1. The third kappa shape index (κ3) is 3.90. The highest BCUT2D eigenvalue weighted by Gasteiger charge is 2.33. The molecule has 18 heavy (non-hydrogen) atoms. The zero-order valence-electron chi connectivity index (χ0n) is 10.5.